The van der Waals surface area contributed by atoms with E-state index in [4.69, 9.17) is 15.2 Å². The van der Waals surface area contributed by atoms with Crippen LogP contribution in [0.5, 0.6) is 5.75 Å². The van der Waals surface area contributed by atoms with Crippen LogP contribution in [-0.4, -0.2) is 32.8 Å². The van der Waals surface area contributed by atoms with Crippen LogP contribution in [0.25, 0.3) is 0 Å². The van der Waals surface area contributed by atoms with Gasteiger partial charge in [0.05, 0.1) is 11.3 Å². The highest BCUT2D eigenvalue weighted by Gasteiger charge is 2.30. The van der Waals surface area contributed by atoms with E-state index in [1.54, 1.807) is 7.11 Å². The molecular weight excluding hydrogens is 289 g/mol. The summed E-state index contributed by atoms with van der Waals surface area (Å²) in [6, 6.07) is 2.71. The summed E-state index contributed by atoms with van der Waals surface area (Å²) >= 11 is 0. The first-order valence-corrected chi connectivity index (χ1v) is 6.19. The number of alkyl halides is 3. The minimum absolute atomic E-state index is 0.0371. The molecule has 0 atom stereocenters. The molecule has 0 fully saturated rings. The largest absolute Gasteiger partial charge is 0.482 e. The molecule has 0 aliphatic carbocycles. The number of nitrogen functional groups attached to an aromatic ring is 1. The number of hydrogen-bond acceptors (Lipinski definition) is 4. The first-order chi connectivity index (χ1) is 9.84. The van der Waals surface area contributed by atoms with Crippen molar-refractivity contribution < 1.29 is 27.4 Å². The molecule has 5 nitrogen and oxygen atoms in total. The zero-order valence-corrected chi connectivity index (χ0v) is 11.5. The van der Waals surface area contributed by atoms with Gasteiger partial charge in [-0.25, -0.2) is 0 Å². The lowest BCUT2D eigenvalue weighted by Crippen LogP contribution is -2.30. The van der Waals surface area contributed by atoms with E-state index in [2.05, 4.69) is 5.32 Å². The van der Waals surface area contributed by atoms with Crippen LogP contribution in [-0.2, 0) is 15.7 Å². The predicted octanol–water partition coefficient (Wildman–Crippen LogP) is 1.82. The number of carbonyl (C=O) groups is 1. The maximum absolute atomic E-state index is 12.4. The van der Waals surface area contributed by atoms with E-state index in [1.807, 2.05) is 0 Å². The van der Waals surface area contributed by atoms with E-state index in [9.17, 15) is 18.0 Å². The highest BCUT2D eigenvalue weighted by atomic mass is 19.4. The van der Waals surface area contributed by atoms with Crippen LogP contribution in [0.4, 0.5) is 18.9 Å². The van der Waals surface area contributed by atoms with Crippen molar-refractivity contribution in [2.75, 3.05) is 32.6 Å². The summed E-state index contributed by atoms with van der Waals surface area (Å²) in [6.07, 6.45) is -3.81. The van der Waals surface area contributed by atoms with Crippen molar-refractivity contribution >= 4 is 11.6 Å². The van der Waals surface area contributed by atoms with Crippen molar-refractivity contribution in [1.29, 1.82) is 0 Å². The van der Waals surface area contributed by atoms with Crippen LogP contribution in [0.3, 0.4) is 0 Å². The van der Waals surface area contributed by atoms with Gasteiger partial charge < -0.3 is 20.5 Å². The van der Waals surface area contributed by atoms with Gasteiger partial charge in [-0.1, -0.05) is 0 Å². The smallest absolute Gasteiger partial charge is 0.416 e. The zero-order valence-electron chi connectivity index (χ0n) is 11.5. The third kappa shape index (κ3) is 5.90. The van der Waals surface area contributed by atoms with Crippen molar-refractivity contribution in [2.45, 2.75) is 12.6 Å². The molecule has 0 spiro atoms. The number of carbonyl (C=O) groups excluding carboxylic acids is 1. The Bertz CT molecular complexity index is 478. The van der Waals surface area contributed by atoms with E-state index < -0.39 is 11.7 Å². The average Bonchev–Trinajstić information content (AvgIpc) is 2.41. The molecule has 0 aromatic heterocycles. The van der Waals surface area contributed by atoms with Crippen LogP contribution >= 0.6 is 0 Å². The molecule has 3 N–H and O–H groups in total. The number of nitrogens with one attached hydrogen (secondary N) is 1. The summed E-state index contributed by atoms with van der Waals surface area (Å²) in [5.41, 5.74) is 4.44. The Labute approximate surface area is 120 Å². The Morgan fingerprint density at radius 1 is 1.38 bits per heavy atom. The molecule has 0 radical (unpaired) electrons. The second-order valence-electron chi connectivity index (χ2n) is 4.24. The molecular formula is C13H17F3N2O3. The average molecular weight is 306 g/mol. The molecule has 0 heterocycles. The van der Waals surface area contributed by atoms with Gasteiger partial charge in [0.1, 0.15) is 5.75 Å². The van der Waals surface area contributed by atoms with Crippen LogP contribution in [0.2, 0.25) is 0 Å². The standard InChI is InChI=1S/C13H17F3N2O3/c1-20-6-2-5-18-12(19)8-21-11-4-3-9(7-10(11)17)13(14,15)16/h3-4,7H,2,5-6,8,17H2,1H3,(H,18,19). The quantitative estimate of drug-likeness (QED) is 0.595. The number of anilines is 1. The second-order valence-corrected chi connectivity index (χ2v) is 4.24. The number of benzene rings is 1. The van der Waals surface area contributed by atoms with Gasteiger partial charge in [-0.05, 0) is 24.6 Å². The Morgan fingerprint density at radius 3 is 2.67 bits per heavy atom. The normalized spacial score (nSPS) is 11.2. The van der Waals surface area contributed by atoms with Crippen molar-refractivity contribution in [3.05, 3.63) is 23.8 Å². The van der Waals surface area contributed by atoms with E-state index in [0.717, 1.165) is 18.2 Å². The number of rotatable bonds is 7. The summed E-state index contributed by atoms with van der Waals surface area (Å²) in [4.78, 5) is 11.4. The third-order valence-electron chi connectivity index (χ3n) is 2.54. The molecule has 1 aromatic carbocycles. The maximum atomic E-state index is 12.4. The molecule has 1 rings (SSSR count). The Kier molecular flexibility index (Phi) is 6.29. The lowest BCUT2D eigenvalue weighted by molar-refractivity contribution is -0.137. The van der Waals surface area contributed by atoms with Gasteiger partial charge in [0, 0.05) is 20.3 Å². The molecule has 0 aliphatic rings. The maximum Gasteiger partial charge on any atom is 0.416 e. The predicted molar refractivity (Wildman–Crippen MR) is 70.9 cm³/mol. The van der Waals surface area contributed by atoms with Gasteiger partial charge in [0.15, 0.2) is 6.61 Å². The number of amides is 1. The molecule has 21 heavy (non-hydrogen) atoms. The Balaban J connectivity index is 2.47. The van der Waals surface area contributed by atoms with Gasteiger partial charge in [0.25, 0.3) is 5.91 Å². The molecule has 0 saturated heterocycles. The summed E-state index contributed by atoms with van der Waals surface area (Å²) in [6.45, 7) is 0.633. The fourth-order valence-corrected chi connectivity index (χ4v) is 1.49. The monoisotopic (exact) mass is 306 g/mol. The Morgan fingerprint density at radius 2 is 2.10 bits per heavy atom. The van der Waals surface area contributed by atoms with Crippen molar-refractivity contribution in [2.24, 2.45) is 0 Å². The fraction of sp³-hybridized carbons (Fsp3) is 0.462. The SMILES string of the molecule is COCCCNC(=O)COc1ccc(C(F)(F)F)cc1N. The van der Waals surface area contributed by atoms with Crippen LogP contribution in [0.1, 0.15) is 12.0 Å². The second kappa shape index (κ2) is 7.72. The third-order valence-corrected chi connectivity index (χ3v) is 2.54. The van der Waals surface area contributed by atoms with E-state index in [1.165, 1.54) is 0 Å². The zero-order chi connectivity index (χ0) is 15.9. The van der Waals surface area contributed by atoms with Crippen LogP contribution < -0.4 is 15.8 Å². The van der Waals surface area contributed by atoms with Gasteiger partial charge in [-0.3, -0.25) is 4.79 Å². The van der Waals surface area contributed by atoms with Gasteiger partial charge >= 0.3 is 6.18 Å². The number of halogens is 3. The first kappa shape index (κ1) is 17.1. The molecule has 0 unspecified atom stereocenters. The number of ether oxygens (including phenoxy) is 2. The minimum atomic E-state index is -4.47. The van der Waals surface area contributed by atoms with Crippen LogP contribution in [0, 0.1) is 0 Å². The molecule has 0 aliphatic heterocycles. The molecule has 1 amide bonds. The van der Waals surface area contributed by atoms with Crippen molar-refractivity contribution in [1.82, 2.24) is 5.32 Å². The first-order valence-electron chi connectivity index (χ1n) is 6.19. The number of nitrogens with two attached hydrogens (primary N) is 1. The molecule has 8 heteroatoms. The Hall–Kier alpha value is -1.96. The highest BCUT2D eigenvalue weighted by molar-refractivity contribution is 5.77. The fourth-order valence-electron chi connectivity index (χ4n) is 1.49. The highest BCUT2D eigenvalue weighted by Crippen LogP contribution is 2.33. The summed E-state index contributed by atoms with van der Waals surface area (Å²) in [5.74, 6) is -0.347. The summed E-state index contributed by atoms with van der Waals surface area (Å²) in [7, 11) is 1.55. The molecule has 0 bridgehead atoms. The van der Waals surface area contributed by atoms with Gasteiger partial charge in [0.2, 0.25) is 0 Å². The van der Waals surface area contributed by atoms with Crippen molar-refractivity contribution in [3.8, 4) is 5.75 Å². The topological polar surface area (TPSA) is 73.6 Å². The van der Waals surface area contributed by atoms with E-state index >= 15 is 0 Å². The van der Waals surface area contributed by atoms with Crippen molar-refractivity contribution in [3.63, 3.8) is 0 Å². The van der Waals surface area contributed by atoms with E-state index in [-0.39, 0.29) is 24.0 Å². The summed E-state index contributed by atoms with van der Waals surface area (Å²) < 4.78 is 47.2. The lowest BCUT2D eigenvalue weighted by Gasteiger charge is -2.12. The van der Waals surface area contributed by atoms with Gasteiger partial charge in [-0.15, -0.1) is 0 Å². The summed E-state index contributed by atoms with van der Waals surface area (Å²) in [5, 5.41) is 2.58. The van der Waals surface area contributed by atoms with E-state index in [0.29, 0.717) is 19.6 Å². The minimum Gasteiger partial charge on any atom is -0.482 e. The van der Waals surface area contributed by atoms with Crippen LogP contribution in [0.15, 0.2) is 18.2 Å². The lowest BCUT2D eigenvalue weighted by atomic mass is 10.2. The van der Waals surface area contributed by atoms with Gasteiger partial charge in [-0.2, -0.15) is 13.2 Å². The number of methoxy groups -OCH3 is 1. The molecule has 1 aromatic rings. The number of hydrogen-bond donors (Lipinski definition) is 2. The molecule has 0 saturated carbocycles. The molecule has 118 valence electrons.